The van der Waals surface area contributed by atoms with Crippen LogP contribution in [0.1, 0.15) is 28.9 Å². The van der Waals surface area contributed by atoms with Gasteiger partial charge in [0.25, 0.3) is 5.91 Å². The maximum absolute atomic E-state index is 13.9. The highest BCUT2D eigenvalue weighted by molar-refractivity contribution is 5.93. The average Bonchev–Trinajstić information content (AvgIpc) is 3.29. The van der Waals surface area contributed by atoms with E-state index in [0.717, 1.165) is 50.4 Å². The predicted octanol–water partition coefficient (Wildman–Crippen LogP) is 4.27. The number of carbonyl (C=O) groups is 1. The number of rotatable bonds is 7. The van der Waals surface area contributed by atoms with Gasteiger partial charge in [-0.25, -0.2) is 8.78 Å². The Morgan fingerprint density at radius 2 is 1.91 bits per heavy atom. The Kier molecular flexibility index (Phi) is 6.80. The Balaban J connectivity index is 1.24. The van der Waals surface area contributed by atoms with Crippen LogP contribution in [-0.2, 0) is 6.54 Å². The van der Waals surface area contributed by atoms with Crippen molar-refractivity contribution in [2.75, 3.05) is 26.7 Å². The zero-order chi connectivity index (χ0) is 22.5. The number of amides is 1. The molecule has 2 heterocycles. The Morgan fingerprint density at radius 1 is 1.16 bits per heavy atom. The first kappa shape index (κ1) is 22.0. The van der Waals surface area contributed by atoms with E-state index in [1.807, 2.05) is 12.1 Å². The molecular weight excluding hydrogens is 416 g/mol. The summed E-state index contributed by atoms with van der Waals surface area (Å²) in [7, 11) is 1.66. The fourth-order valence-corrected chi connectivity index (χ4v) is 3.86. The first-order valence-corrected chi connectivity index (χ1v) is 10.6. The lowest BCUT2D eigenvalue weighted by Crippen LogP contribution is -2.38. The molecule has 1 aromatic heterocycles. The maximum Gasteiger partial charge on any atom is 0.273 e. The number of piperidine rings is 1. The minimum atomic E-state index is -0.769. The summed E-state index contributed by atoms with van der Waals surface area (Å²) in [5.41, 5.74) is 1.37. The number of likely N-dealkylation sites (tertiary alicyclic amines) is 1. The van der Waals surface area contributed by atoms with Crippen LogP contribution in [0.2, 0.25) is 0 Å². The average molecular weight is 441 g/mol. The largest absolute Gasteiger partial charge is 0.497 e. The molecule has 1 fully saturated rings. The molecule has 1 aliphatic rings. The van der Waals surface area contributed by atoms with Crippen LogP contribution < -0.4 is 10.1 Å². The first-order valence-electron chi connectivity index (χ1n) is 10.6. The molecule has 1 saturated heterocycles. The van der Waals surface area contributed by atoms with Gasteiger partial charge in [0.1, 0.15) is 17.4 Å². The first-order chi connectivity index (χ1) is 15.5. The number of ether oxygens (including phenoxy) is 1. The Hall–Kier alpha value is -3.26. The van der Waals surface area contributed by atoms with Gasteiger partial charge in [-0.2, -0.15) is 0 Å². The van der Waals surface area contributed by atoms with E-state index in [9.17, 15) is 13.6 Å². The highest BCUT2D eigenvalue weighted by atomic mass is 19.1. The lowest BCUT2D eigenvalue weighted by Gasteiger charge is -2.32. The van der Waals surface area contributed by atoms with Gasteiger partial charge in [-0.1, -0.05) is 17.3 Å². The second kappa shape index (κ2) is 9.91. The molecule has 0 radical (unpaired) electrons. The number of benzene rings is 2. The fraction of sp³-hybridized carbons (Fsp3) is 0.333. The molecule has 0 aliphatic carbocycles. The minimum Gasteiger partial charge on any atom is -0.497 e. The molecule has 1 amide bonds. The van der Waals surface area contributed by atoms with E-state index < -0.39 is 11.6 Å². The Morgan fingerprint density at radius 3 is 2.59 bits per heavy atom. The van der Waals surface area contributed by atoms with E-state index in [1.54, 1.807) is 7.11 Å². The summed E-state index contributed by atoms with van der Waals surface area (Å²) in [4.78, 5) is 14.8. The molecule has 0 saturated carbocycles. The highest BCUT2D eigenvalue weighted by Gasteiger charge is 2.21. The van der Waals surface area contributed by atoms with Crippen molar-refractivity contribution in [2.45, 2.75) is 19.4 Å². The fourth-order valence-electron chi connectivity index (χ4n) is 3.86. The second-order valence-electron chi connectivity index (χ2n) is 7.98. The molecule has 0 spiro atoms. The molecular formula is C24H25F2N3O3. The van der Waals surface area contributed by atoms with E-state index in [0.29, 0.717) is 12.5 Å². The summed E-state index contributed by atoms with van der Waals surface area (Å²) in [5.74, 6) is -0.506. The number of aromatic nitrogens is 1. The zero-order valence-corrected chi connectivity index (χ0v) is 17.8. The van der Waals surface area contributed by atoms with Crippen LogP contribution in [0, 0.1) is 17.6 Å². The van der Waals surface area contributed by atoms with Crippen molar-refractivity contribution in [2.24, 2.45) is 5.92 Å². The molecule has 3 aromatic rings. The van der Waals surface area contributed by atoms with Crippen LogP contribution in [0.15, 0.2) is 53.1 Å². The van der Waals surface area contributed by atoms with Crippen molar-refractivity contribution < 1.29 is 22.8 Å². The predicted molar refractivity (Wildman–Crippen MR) is 115 cm³/mol. The van der Waals surface area contributed by atoms with Crippen molar-refractivity contribution in [3.63, 3.8) is 0 Å². The number of nitrogens with zero attached hydrogens (tertiary/aromatic N) is 2. The van der Waals surface area contributed by atoms with Crippen LogP contribution in [0.4, 0.5) is 8.78 Å². The van der Waals surface area contributed by atoms with Crippen molar-refractivity contribution >= 4 is 5.91 Å². The number of hydrogen-bond acceptors (Lipinski definition) is 5. The molecule has 1 aliphatic heterocycles. The van der Waals surface area contributed by atoms with Gasteiger partial charge in [-0.3, -0.25) is 9.69 Å². The van der Waals surface area contributed by atoms with Gasteiger partial charge in [-0.15, -0.1) is 0 Å². The van der Waals surface area contributed by atoms with Crippen molar-refractivity contribution in [1.82, 2.24) is 15.4 Å². The molecule has 0 unspecified atom stereocenters. The summed E-state index contributed by atoms with van der Waals surface area (Å²) in [6, 6.07) is 12.6. The van der Waals surface area contributed by atoms with Gasteiger partial charge >= 0.3 is 0 Å². The van der Waals surface area contributed by atoms with Gasteiger partial charge < -0.3 is 14.6 Å². The number of halogens is 2. The number of nitrogens with one attached hydrogen (secondary N) is 1. The van der Waals surface area contributed by atoms with E-state index in [2.05, 4.69) is 27.5 Å². The lowest BCUT2D eigenvalue weighted by atomic mass is 9.96. The third-order valence-corrected chi connectivity index (χ3v) is 5.76. The third-order valence-electron chi connectivity index (χ3n) is 5.76. The minimum absolute atomic E-state index is 0.0576. The van der Waals surface area contributed by atoms with E-state index in [1.165, 1.54) is 17.7 Å². The van der Waals surface area contributed by atoms with E-state index in [-0.39, 0.29) is 22.9 Å². The molecule has 32 heavy (non-hydrogen) atoms. The molecule has 6 nitrogen and oxygen atoms in total. The molecule has 0 atom stereocenters. The number of hydrogen-bond donors (Lipinski definition) is 1. The topological polar surface area (TPSA) is 67.6 Å². The summed E-state index contributed by atoms with van der Waals surface area (Å²) >= 11 is 0. The van der Waals surface area contributed by atoms with Crippen molar-refractivity contribution in [3.8, 4) is 17.1 Å². The number of carbonyl (C=O) groups excluding carboxylic acids is 1. The second-order valence-corrected chi connectivity index (χ2v) is 7.98. The van der Waals surface area contributed by atoms with Gasteiger partial charge in [0.15, 0.2) is 11.5 Å². The standard InChI is InChI=1S/C24H25F2N3O3/c1-31-19-5-2-17(3-6-19)15-29-10-8-16(9-11-29)14-27-24(30)22-13-23(32-28-22)20-7-4-18(25)12-21(20)26/h2-7,12-13,16H,8-11,14-15H2,1H3,(H,27,30). The molecule has 8 heteroatoms. The van der Waals surface area contributed by atoms with Gasteiger partial charge in [0.2, 0.25) is 0 Å². The maximum atomic E-state index is 13.9. The summed E-state index contributed by atoms with van der Waals surface area (Å²) in [5, 5.41) is 6.61. The van der Waals surface area contributed by atoms with Crippen LogP contribution in [-0.4, -0.2) is 42.7 Å². The summed E-state index contributed by atoms with van der Waals surface area (Å²) in [6.45, 7) is 3.36. The molecule has 168 valence electrons. The Bertz CT molecular complexity index is 1060. The van der Waals surface area contributed by atoms with Crippen LogP contribution in [0.3, 0.4) is 0 Å². The van der Waals surface area contributed by atoms with E-state index >= 15 is 0 Å². The quantitative estimate of drug-likeness (QED) is 0.593. The van der Waals surface area contributed by atoms with Gasteiger partial charge in [0, 0.05) is 25.2 Å². The van der Waals surface area contributed by atoms with Crippen LogP contribution in [0.25, 0.3) is 11.3 Å². The van der Waals surface area contributed by atoms with E-state index in [4.69, 9.17) is 9.26 Å². The third kappa shape index (κ3) is 5.31. The zero-order valence-electron chi connectivity index (χ0n) is 17.8. The molecule has 0 bridgehead atoms. The van der Waals surface area contributed by atoms with Crippen LogP contribution >= 0.6 is 0 Å². The monoisotopic (exact) mass is 441 g/mol. The van der Waals surface area contributed by atoms with Crippen LogP contribution in [0.5, 0.6) is 5.75 Å². The SMILES string of the molecule is COc1ccc(CN2CCC(CNC(=O)c3cc(-c4ccc(F)cc4F)on3)CC2)cc1. The Labute approximate surface area is 185 Å². The van der Waals surface area contributed by atoms with Crippen molar-refractivity contribution in [3.05, 3.63) is 71.4 Å². The lowest BCUT2D eigenvalue weighted by molar-refractivity contribution is 0.0926. The number of methoxy groups -OCH3 is 1. The smallest absolute Gasteiger partial charge is 0.273 e. The summed E-state index contributed by atoms with van der Waals surface area (Å²) < 4.78 is 37.3. The van der Waals surface area contributed by atoms with Crippen molar-refractivity contribution in [1.29, 1.82) is 0 Å². The van der Waals surface area contributed by atoms with Gasteiger partial charge in [-0.05, 0) is 61.7 Å². The normalized spacial score (nSPS) is 15.0. The summed E-state index contributed by atoms with van der Waals surface area (Å²) in [6.07, 6.45) is 1.97. The molecule has 4 rings (SSSR count). The highest BCUT2D eigenvalue weighted by Crippen LogP contribution is 2.24. The molecule has 1 N–H and O–H groups in total. The van der Waals surface area contributed by atoms with Gasteiger partial charge in [0.05, 0.1) is 12.7 Å². The molecule has 2 aromatic carbocycles.